The Morgan fingerprint density at radius 3 is 2.23 bits per heavy atom. The summed E-state index contributed by atoms with van der Waals surface area (Å²) in [7, 11) is 0. The minimum absolute atomic E-state index is 0.0127. The van der Waals surface area contributed by atoms with E-state index >= 15 is 0 Å². The molecular weight excluding hydrogens is 168 g/mol. The van der Waals surface area contributed by atoms with Crippen molar-refractivity contribution in [2.75, 3.05) is 0 Å². The van der Waals surface area contributed by atoms with E-state index in [-0.39, 0.29) is 5.92 Å². The third-order valence-electron chi connectivity index (χ3n) is 3.06. The highest BCUT2D eigenvalue weighted by Gasteiger charge is 2.42. The van der Waals surface area contributed by atoms with Crippen molar-refractivity contribution in [3.63, 3.8) is 0 Å². The van der Waals surface area contributed by atoms with Crippen LogP contribution in [0.5, 0.6) is 0 Å². The number of aliphatic carboxylic acids is 1. The highest BCUT2D eigenvalue weighted by atomic mass is 16.4. The fourth-order valence-electron chi connectivity index (χ4n) is 2.55. The molecule has 0 aromatic carbocycles. The van der Waals surface area contributed by atoms with Gasteiger partial charge in [0.15, 0.2) is 0 Å². The molecule has 1 N–H and O–H groups in total. The van der Waals surface area contributed by atoms with Crippen molar-refractivity contribution in [1.29, 1.82) is 0 Å². The molecule has 0 heterocycles. The lowest BCUT2D eigenvalue weighted by Crippen LogP contribution is -2.19. The van der Waals surface area contributed by atoms with Crippen LogP contribution in [-0.2, 0) is 9.59 Å². The summed E-state index contributed by atoms with van der Waals surface area (Å²) in [6.07, 6.45) is 5.35. The Morgan fingerprint density at radius 2 is 2.00 bits per heavy atom. The smallest absolute Gasteiger partial charge is 0.306 e. The molecule has 0 saturated heterocycles. The zero-order chi connectivity index (χ0) is 9.84. The molecule has 0 radical (unpaired) electrons. The van der Waals surface area contributed by atoms with E-state index in [9.17, 15) is 4.79 Å². The van der Waals surface area contributed by atoms with Crippen LogP contribution >= 0.6 is 0 Å². The average Bonchev–Trinajstić information content (AvgIpc) is 2.64. The van der Waals surface area contributed by atoms with Crippen LogP contribution in [0.4, 0.5) is 0 Å². The SMILES string of the molecule is CC=O.O=C(O)[C@@H]1CC2CCC1C2. The number of hydrogen-bond donors (Lipinski definition) is 1. The van der Waals surface area contributed by atoms with Crippen molar-refractivity contribution in [1.82, 2.24) is 0 Å². The predicted octanol–water partition coefficient (Wildman–Crippen LogP) is 1.71. The molecule has 0 amide bonds. The third-order valence-corrected chi connectivity index (χ3v) is 3.06. The Hall–Kier alpha value is -0.860. The van der Waals surface area contributed by atoms with Gasteiger partial charge < -0.3 is 9.90 Å². The van der Waals surface area contributed by atoms with Gasteiger partial charge in [-0.25, -0.2) is 0 Å². The molecule has 3 nitrogen and oxygen atoms in total. The number of carbonyl (C=O) groups excluding carboxylic acids is 1. The quantitative estimate of drug-likeness (QED) is 0.631. The van der Waals surface area contributed by atoms with Gasteiger partial charge in [-0.3, -0.25) is 4.79 Å². The van der Waals surface area contributed by atoms with Crippen LogP contribution in [0.1, 0.15) is 32.6 Å². The van der Waals surface area contributed by atoms with E-state index < -0.39 is 5.97 Å². The van der Waals surface area contributed by atoms with Crippen LogP contribution in [-0.4, -0.2) is 17.4 Å². The summed E-state index contributed by atoms with van der Waals surface area (Å²) >= 11 is 0. The van der Waals surface area contributed by atoms with Gasteiger partial charge in [0.25, 0.3) is 0 Å². The Bertz CT molecular complexity index is 200. The minimum Gasteiger partial charge on any atom is -0.481 e. The third kappa shape index (κ3) is 2.29. The molecule has 3 heteroatoms. The topological polar surface area (TPSA) is 54.4 Å². The molecule has 2 unspecified atom stereocenters. The number of carboxylic acids is 1. The van der Waals surface area contributed by atoms with E-state index in [0.717, 1.165) is 18.6 Å². The van der Waals surface area contributed by atoms with Crippen molar-refractivity contribution in [3.05, 3.63) is 0 Å². The van der Waals surface area contributed by atoms with Gasteiger partial charge in [-0.2, -0.15) is 0 Å². The maximum Gasteiger partial charge on any atom is 0.306 e. The lowest BCUT2D eigenvalue weighted by Gasteiger charge is -2.16. The lowest BCUT2D eigenvalue weighted by atomic mass is 9.89. The first-order valence-corrected chi connectivity index (χ1v) is 4.81. The predicted molar refractivity (Wildman–Crippen MR) is 48.3 cm³/mol. The number of fused-ring (bicyclic) bond motifs is 2. The molecule has 3 atom stereocenters. The lowest BCUT2D eigenvalue weighted by molar-refractivity contribution is -0.143. The van der Waals surface area contributed by atoms with Gasteiger partial charge in [-0.15, -0.1) is 0 Å². The number of rotatable bonds is 1. The van der Waals surface area contributed by atoms with Crippen molar-refractivity contribution in [2.24, 2.45) is 17.8 Å². The summed E-state index contributed by atoms with van der Waals surface area (Å²) < 4.78 is 0. The molecule has 0 spiro atoms. The Balaban J connectivity index is 0.000000251. The zero-order valence-electron chi connectivity index (χ0n) is 7.90. The molecule has 0 aromatic rings. The minimum atomic E-state index is -0.563. The van der Waals surface area contributed by atoms with Gasteiger partial charge in [-0.05, 0) is 38.0 Å². The maximum absolute atomic E-state index is 10.6. The van der Waals surface area contributed by atoms with E-state index in [2.05, 4.69) is 0 Å². The Morgan fingerprint density at radius 1 is 1.38 bits per heavy atom. The largest absolute Gasteiger partial charge is 0.481 e. The summed E-state index contributed by atoms with van der Waals surface area (Å²) in [6, 6.07) is 0. The summed E-state index contributed by atoms with van der Waals surface area (Å²) in [5, 5.41) is 8.74. The summed E-state index contributed by atoms with van der Waals surface area (Å²) in [5.41, 5.74) is 0. The number of carboxylic acid groups (broad SMARTS) is 1. The standard InChI is InChI=1S/C8H12O2.C2H4O/c9-8(10)7-4-5-1-2-6(7)3-5;1-2-3/h5-7H,1-4H2,(H,9,10);2H,1H3/t5?,6?,7-;/m1./s1. The molecule has 0 aromatic heterocycles. The molecule has 2 aliphatic carbocycles. The van der Waals surface area contributed by atoms with Crippen LogP contribution < -0.4 is 0 Å². The van der Waals surface area contributed by atoms with Gasteiger partial charge >= 0.3 is 5.97 Å². The summed E-state index contributed by atoms with van der Waals surface area (Å²) in [6.45, 7) is 1.44. The van der Waals surface area contributed by atoms with Crippen molar-refractivity contribution in [2.45, 2.75) is 32.6 Å². The Kier molecular flexibility index (Phi) is 3.46. The van der Waals surface area contributed by atoms with Gasteiger partial charge in [0.05, 0.1) is 5.92 Å². The second-order valence-electron chi connectivity index (χ2n) is 3.86. The highest BCUT2D eigenvalue weighted by Crippen LogP contribution is 2.48. The van der Waals surface area contributed by atoms with Crippen LogP contribution in [0.3, 0.4) is 0 Å². The Labute approximate surface area is 78.1 Å². The number of hydrogen-bond acceptors (Lipinski definition) is 2. The zero-order valence-corrected chi connectivity index (χ0v) is 7.90. The molecule has 74 valence electrons. The van der Waals surface area contributed by atoms with Gasteiger partial charge in [0, 0.05) is 0 Å². The fourth-order valence-corrected chi connectivity index (χ4v) is 2.55. The molecule has 2 rings (SSSR count). The molecule has 2 fully saturated rings. The summed E-state index contributed by atoms with van der Waals surface area (Å²) in [5.74, 6) is 0.736. The van der Waals surface area contributed by atoms with E-state index in [0.29, 0.717) is 5.92 Å². The van der Waals surface area contributed by atoms with E-state index in [1.807, 2.05) is 0 Å². The first-order valence-electron chi connectivity index (χ1n) is 4.81. The van der Waals surface area contributed by atoms with Gasteiger partial charge in [0.1, 0.15) is 6.29 Å². The van der Waals surface area contributed by atoms with Gasteiger partial charge in [-0.1, -0.05) is 6.42 Å². The van der Waals surface area contributed by atoms with E-state index in [1.165, 1.54) is 26.2 Å². The molecule has 2 bridgehead atoms. The molecular formula is C10H16O3. The number of aldehydes is 1. The van der Waals surface area contributed by atoms with E-state index in [1.54, 1.807) is 0 Å². The average molecular weight is 184 g/mol. The van der Waals surface area contributed by atoms with Crippen LogP contribution in [0, 0.1) is 17.8 Å². The van der Waals surface area contributed by atoms with Crippen LogP contribution in [0.15, 0.2) is 0 Å². The van der Waals surface area contributed by atoms with Crippen LogP contribution in [0.2, 0.25) is 0 Å². The molecule has 2 saturated carbocycles. The van der Waals surface area contributed by atoms with Crippen molar-refractivity contribution in [3.8, 4) is 0 Å². The van der Waals surface area contributed by atoms with Gasteiger partial charge in [0.2, 0.25) is 0 Å². The van der Waals surface area contributed by atoms with Crippen molar-refractivity contribution < 1.29 is 14.7 Å². The van der Waals surface area contributed by atoms with E-state index in [4.69, 9.17) is 9.90 Å². The summed E-state index contributed by atoms with van der Waals surface area (Å²) in [4.78, 5) is 19.4. The normalized spacial score (nSPS) is 35.0. The second-order valence-corrected chi connectivity index (χ2v) is 3.86. The molecule has 2 aliphatic rings. The monoisotopic (exact) mass is 184 g/mol. The second kappa shape index (κ2) is 4.40. The first kappa shape index (κ1) is 10.2. The van der Waals surface area contributed by atoms with Crippen LogP contribution in [0.25, 0.3) is 0 Å². The fraction of sp³-hybridized carbons (Fsp3) is 0.800. The highest BCUT2D eigenvalue weighted by molar-refractivity contribution is 5.71. The maximum atomic E-state index is 10.6. The van der Waals surface area contributed by atoms with Crippen molar-refractivity contribution >= 4 is 12.3 Å². The first-order chi connectivity index (χ1) is 6.19. The number of carbonyl (C=O) groups is 2. The molecule has 13 heavy (non-hydrogen) atoms. The molecule has 0 aliphatic heterocycles.